The van der Waals surface area contributed by atoms with Crippen LogP contribution in [-0.2, 0) is 9.59 Å². The molecule has 144 valence electrons. The first-order valence-electron chi connectivity index (χ1n) is 8.72. The van der Waals surface area contributed by atoms with Crippen LogP contribution in [0.1, 0.15) is 5.56 Å². The molecule has 1 N–H and O–H groups in total. The Morgan fingerprint density at radius 1 is 1.07 bits per heavy atom. The van der Waals surface area contributed by atoms with Crippen LogP contribution in [0.4, 0.5) is 5.69 Å². The Balaban J connectivity index is 1.81. The Morgan fingerprint density at radius 3 is 2.55 bits per heavy atom. The number of fused-ring (bicyclic) bond motifs is 1. The molecule has 7 heteroatoms. The van der Waals surface area contributed by atoms with E-state index in [1.807, 2.05) is 48.5 Å². The fraction of sp³-hybridized carbons (Fsp3) is 0.0455. The first-order chi connectivity index (χ1) is 14.0. The minimum absolute atomic E-state index is 0.0110. The zero-order valence-corrected chi connectivity index (χ0v) is 17.7. The van der Waals surface area contributed by atoms with Gasteiger partial charge in [-0.25, -0.2) is 0 Å². The van der Waals surface area contributed by atoms with E-state index in [1.54, 1.807) is 25.3 Å². The standard InChI is InChI=1S/C22H15BrN2O3S/c1-28-17-10-5-13-3-2-4-14(18(13)12-17)11-19-20(26)24-22(29)25(21(19)27)16-8-6-15(23)7-9-16/h2-12H,1H3,(H,24,26,29)/b19-11-. The van der Waals surface area contributed by atoms with Crippen LogP contribution in [0.25, 0.3) is 16.8 Å². The van der Waals surface area contributed by atoms with Crippen molar-refractivity contribution in [2.45, 2.75) is 0 Å². The van der Waals surface area contributed by atoms with Crippen molar-refractivity contribution in [3.8, 4) is 5.75 Å². The second-order valence-corrected chi connectivity index (χ2v) is 7.67. The van der Waals surface area contributed by atoms with E-state index in [4.69, 9.17) is 17.0 Å². The van der Waals surface area contributed by atoms with Crippen molar-refractivity contribution in [1.29, 1.82) is 0 Å². The molecule has 1 fully saturated rings. The average molecular weight is 467 g/mol. The van der Waals surface area contributed by atoms with Crippen LogP contribution in [-0.4, -0.2) is 24.0 Å². The highest BCUT2D eigenvalue weighted by atomic mass is 79.9. The zero-order valence-electron chi connectivity index (χ0n) is 15.3. The van der Waals surface area contributed by atoms with Crippen LogP contribution in [0.2, 0.25) is 0 Å². The summed E-state index contributed by atoms with van der Waals surface area (Å²) in [5, 5.41) is 4.52. The molecule has 0 aromatic heterocycles. The van der Waals surface area contributed by atoms with Crippen LogP contribution in [0, 0.1) is 0 Å². The van der Waals surface area contributed by atoms with Gasteiger partial charge in [0.15, 0.2) is 5.11 Å². The van der Waals surface area contributed by atoms with Crippen molar-refractivity contribution in [2.24, 2.45) is 0 Å². The summed E-state index contributed by atoms with van der Waals surface area (Å²) in [5.74, 6) is -0.297. The zero-order chi connectivity index (χ0) is 20.5. The van der Waals surface area contributed by atoms with Gasteiger partial charge in [-0.15, -0.1) is 0 Å². The average Bonchev–Trinajstić information content (AvgIpc) is 2.72. The van der Waals surface area contributed by atoms with Crippen molar-refractivity contribution < 1.29 is 14.3 Å². The normalized spacial score (nSPS) is 15.7. The molecule has 5 nitrogen and oxygen atoms in total. The summed E-state index contributed by atoms with van der Waals surface area (Å²) in [4.78, 5) is 27.1. The van der Waals surface area contributed by atoms with Crippen LogP contribution in [0.3, 0.4) is 0 Å². The highest BCUT2D eigenvalue weighted by Crippen LogP contribution is 2.28. The number of anilines is 1. The largest absolute Gasteiger partial charge is 0.497 e. The minimum Gasteiger partial charge on any atom is -0.497 e. The molecule has 0 atom stereocenters. The van der Waals surface area contributed by atoms with Crippen LogP contribution in [0.15, 0.2) is 70.7 Å². The van der Waals surface area contributed by atoms with Gasteiger partial charge in [-0.1, -0.05) is 40.2 Å². The number of hydrogen-bond acceptors (Lipinski definition) is 4. The molecule has 0 spiro atoms. The van der Waals surface area contributed by atoms with E-state index in [0.717, 1.165) is 20.8 Å². The number of benzene rings is 3. The number of hydrogen-bond donors (Lipinski definition) is 1. The van der Waals surface area contributed by atoms with E-state index in [1.165, 1.54) is 4.90 Å². The molecule has 29 heavy (non-hydrogen) atoms. The lowest BCUT2D eigenvalue weighted by atomic mass is 10.0. The number of nitrogens with one attached hydrogen (secondary N) is 1. The number of amides is 2. The lowest BCUT2D eigenvalue weighted by Gasteiger charge is -2.29. The highest BCUT2D eigenvalue weighted by molar-refractivity contribution is 9.10. The Morgan fingerprint density at radius 2 is 1.83 bits per heavy atom. The smallest absolute Gasteiger partial charge is 0.270 e. The molecule has 0 unspecified atom stereocenters. The maximum atomic E-state index is 13.2. The minimum atomic E-state index is -0.520. The number of nitrogens with zero attached hydrogens (tertiary/aromatic N) is 1. The Labute approximate surface area is 181 Å². The molecule has 2 amide bonds. The number of ether oxygens (including phenoxy) is 1. The van der Waals surface area contributed by atoms with Gasteiger partial charge in [0.05, 0.1) is 12.8 Å². The molecule has 0 saturated carbocycles. The molecule has 3 aromatic carbocycles. The summed E-state index contributed by atoms with van der Waals surface area (Å²) >= 11 is 8.61. The molecule has 1 saturated heterocycles. The predicted octanol–water partition coefficient (Wildman–Crippen LogP) is 4.44. The number of rotatable bonds is 3. The van der Waals surface area contributed by atoms with Crippen LogP contribution < -0.4 is 15.0 Å². The summed E-state index contributed by atoms with van der Waals surface area (Å²) in [5.41, 5.74) is 1.33. The Bertz CT molecular complexity index is 1190. The molecular formula is C22H15BrN2O3S. The lowest BCUT2D eigenvalue weighted by Crippen LogP contribution is -2.54. The van der Waals surface area contributed by atoms with Gasteiger partial charge >= 0.3 is 0 Å². The predicted molar refractivity (Wildman–Crippen MR) is 121 cm³/mol. The summed E-state index contributed by atoms with van der Waals surface area (Å²) in [6, 6.07) is 18.5. The third-order valence-corrected chi connectivity index (χ3v) is 5.42. The molecule has 0 aliphatic carbocycles. The molecule has 1 aliphatic rings. The Kier molecular flexibility index (Phi) is 5.17. The lowest BCUT2D eigenvalue weighted by molar-refractivity contribution is -0.122. The fourth-order valence-electron chi connectivity index (χ4n) is 3.17. The van der Waals surface area contributed by atoms with E-state index in [2.05, 4.69) is 21.2 Å². The topological polar surface area (TPSA) is 58.6 Å². The van der Waals surface area contributed by atoms with Gasteiger partial charge in [-0.3, -0.25) is 19.8 Å². The van der Waals surface area contributed by atoms with Gasteiger partial charge in [-0.2, -0.15) is 0 Å². The maximum absolute atomic E-state index is 13.2. The van der Waals surface area contributed by atoms with Crippen molar-refractivity contribution >= 4 is 67.6 Å². The third-order valence-electron chi connectivity index (χ3n) is 4.61. The molecule has 1 heterocycles. The monoisotopic (exact) mass is 466 g/mol. The van der Waals surface area contributed by atoms with E-state index in [-0.39, 0.29) is 10.7 Å². The van der Waals surface area contributed by atoms with E-state index in [0.29, 0.717) is 11.4 Å². The molecule has 3 aromatic rings. The van der Waals surface area contributed by atoms with Gasteiger partial charge in [0.2, 0.25) is 0 Å². The second kappa shape index (κ2) is 7.77. The Hall–Kier alpha value is -3.03. The number of carbonyl (C=O) groups is 2. The molecular weight excluding hydrogens is 452 g/mol. The van der Waals surface area contributed by atoms with Crippen molar-refractivity contribution in [3.63, 3.8) is 0 Å². The molecule has 4 rings (SSSR count). The summed E-state index contributed by atoms with van der Waals surface area (Å²) in [6.45, 7) is 0. The SMILES string of the molecule is COc1ccc2cccc(/C=C3/C(=O)NC(=S)N(c4ccc(Br)cc4)C3=O)c2c1. The fourth-order valence-corrected chi connectivity index (χ4v) is 3.71. The number of halogens is 1. The quantitative estimate of drug-likeness (QED) is 0.352. The highest BCUT2D eigenvalue weighted by Gasteiger charge is 2.34. The first-order valence-corrected chi connectivity index (χ1v) is 9.92. The van der Waals surface area contributed by atoms with E-state index >= 15 is 0 Å². The second-order valence-electron chi connectivity index (χ2n) is 6.37. The number of carbonyl (C=O) groups excluding carboxylic acids is 2. The van der Waals surface area contributed by atoms with Gasteiger partial charge in [0.1, 0.15) is 11.3 Å². The van der Waals surface area contributed by atoms with E-state index < -0.39 is 11.8 Å². The molecule has 0 bridgehead atoms. The van der Waals surface area contributed by atoms with Gasteiger partial charge in [-0.05, 0) is 71.0 Å². The molecule has 0 radical (unpaired) electrons. The molecule has 1 aliphatic heterocycles. The third kappa shape index (κ3) is 3.66. The maximum Gasteiger partial charge on any atom is 0.270 e. The van der Waals surface area contributed by atoms with Gasteiger partial charge in [0, 0.05) is 4.47 Å². The summed E-state index contributed by atoms with van der Waals surface area (Å²) in [6.07, 6.45) is 1.59. The first kappa shape index (κ1) is 19.3. The summed E-state index contributed by atoms with van der Waals surface area (Å²) in [7, 11) is 1.59. The summed E-state index contributed by atoms with van der Waals surface area (Å²) < 4.78 is 6.19. The number of methoxy groups -OCH3 is 1. The van der Waals surface area contributed by atoms with Crippen LogP contribution in [0.5, 0.6) is 5.75 Å². The van der Waals surface area contributed by atoms with Crippen molar-refractivity contribution in [2.75, 3.05) is 12.0 Å². The van der Waals surface area contributed by atoms with Gasteiger partial charge < -0.3 is 4.74 Å². The van der Waals surface area contributed by atoms with Crippen molar-refractivity contribution in [1.82, 2.24) is 5.32 Å². The van der Waals surface area contributed by atoms with Gasteiger partial charge in [0.25, 0.3) is 11.8 Å². The van der Waals surface area contributed by atoms with Crippen molar-refractivity contribution in [3.05, 3.63) is 76.3 Å². The van der Waals surface area contributed by atoms with Crippen LogP contribution >= 0.6 is 28.1 Å². The number of thiocarbonyl (C=S) groups is 1. The van der Waals surface area contributed by atoms with E-state index in [9.17, 15) is 9.59 Å².